The van der Waals surface area contributed by atoms with Gasteiger partial charge in [-0.2, -0.15) is 0 Å². The van der Waals surface area contributed by atoms with E-state index in [9.17, 15) is 0 Å². The first-order valence-corrected chi connectivity index (χ1v) is 7.75. The highest BCUT2D eigenvalue weighted by atomic mass is 16.5. The molecule has 0 bridgehead atoms. The molecule has 2 rings (SSSR count). The van der Waals surface area contributed by atoms with Crippen LogP contribution < -0.4 is 10.1 Å². The minimum atomic E-state index is 0.458. The summed E-state index contributed by atoms with van der Waals surface area (Å²) in [5, 5.41) is 3.56. The summed E-state index contributed by atoms with van der Waals surface area (Å²) in [5.41, 5.74) is 2.78. The minimum absolute atomic E-state index is 0.458. The van der Waals surface area contributed by atoms with Gasteiger partial charge in [-0.25, -0.2) is 0 Å². The fourth-order valence-corrected chi connectivity index (χ4v) is 2.51. The average Bonchev–Trinajstić information content (AvgIpc) is 2.51. The second kappa shape index (κ2) is 8.48. The summed E-state index contributed by atoms with van der Waals surface area (Å²) < 4.78 is 5.81. The smallest absolute Gasteiger partial charge is 0.119 e. The lowest BCUT2D eigenvalue weighted by Crippen LogP contribution is -2.32. The number of para-hydroxylation sites is 1. The number of hydrogen-bond donors (Lipinski definition) is 1. The Morgan fingerprint density at radius 3 is 2.43 bits per heavy atom. The van der Waals surface area contributed by atoms with Crippen molar-refractivity contribution in [2.45, 2.75) is 32.7 Å². The van der Waals surface area contributed by atoms with Gasteiger partial charge in [-0.1, -0.05) is 49.4 Å². The van der Waals surface area contributed by atoms with Gasteiger partial charge in [-0.05, 0) is 49.6 Å². The second-order valence-corrected chi connectivity index (χ2v) is 5.34. The average molecular weight is 283 g/mol. The summed E-state index contributed by atoms with van der Waals surface area (Å²) in [6.45, 7) is 6.07. The van der Waals surface area contributed by atoms with E-state index < -0.39 is 0 Å². The quantitative estimate of drug-likeness (QED) is 0.791. The largest absolute Gasteiger partial charge is 0.494 e. The van der Waals surface area contributed by atoms with E-state index in [0.29, 0.717) is 6.04 Å². The maximum atomic E-state index is 5.81. The molecule has 0 amide bonds. The van der Waals surface area contributed by atoms with Crippen LogP contribution in [0.25, 0.3) is 0 Å². The van der Waals surface area contributed by atoms with Crippen molar-refractivity contribution < 1.29 is 4.74 Å². The molecule has 2 heteroatoms. The van der Waals surface area contributed by atoms with Crippen LogP contribution in [0.5, 0.6) is 5.75 Å². The van der Waals surface area contributed by atoms with Crippen LogP contribution >= 0.6 is 0 Å². The van der Waals surface area contributed by atoms with Crippen LogP contribution in [0.1, 0.15) is 24.5 Å². The van der Waals surface area contributed by atoms with Crippen LogP contribution in [0, 0.1) is 6.92 Å². The van der Waals surface area contributed by atoms with E-state index >= 15 is 0 Å². The van der Waals surface area contributed by atoms with Gasteiger partial charge in [-0.3, -0.25) is 0 Å². The summed E-state index contributed by atoms with van der Waals surface area (Å²) in [5.74, 6) is 0.948. The number of likely N-dealkylation sites (N-methyl/N-ethyl adjacent to an activating group) is 1. The third-order valence-corrected chi connectivity index (χ3v) is 3.70. The van der Waals surface area contributed by atoms with Crippen molar-refractivity contribution >= 4 is 0 Å². The molecule has 2 aromatic rings. The predicted molar refractivity (Wildman–Crippen MR) is 88.9 cm³/mol. The summed E-state index contributed by atoms with van der Waals surface area (Å²) in [6.07, 6.45) is 2.07. The second-order valence-electron chi connectivity index (χ2n) is 5.34. The Labute approximate surface area is 128 Å². The summed E-state index contributed by atoms with van der Waals surface area (Å²) in [6, 6.07) is 19.1. The molecule has 0 saturated heterocycles. The lowest BCUT2D eigenvalue weighted by molar-refractivity contribution is 0.285. The molecule has 0 radical (unpaired) electrons. The molecule has 2 nitrogen and oxygen atoms in total. The summed E-state index contributed by atoms with van der Waals surface area (Å²) in [7, 11) is 0. The first kappa shape index (κ1) is 15.6. The van der Waals surface area contributed by atoms with Crippen molar-refractivity contribution in [3.8, 4) is 5.75 Å². The molecule has 1 N–H and O–H groups in total. The normalized spacial score (nSPS) is 12.1. The van der Waals surface area contributed by atoms with E-state index in [1.54, 1.807) is 0 Å². The molecule has 2 aromatic carbocycles. The molecule has 0 fully saturated rings. The van der Waals surface area contributed by atoms with Gasteiger partial charge in [0, 0.05) is 6.04 Å². The first-order valence-electron chi connectivity index (χ1n) is 7.75. The van der Waals surface area contributed by atoms with Gasteiger partial charge in [0.15, 0.2) is 0 Å². The predicted octanol–water partition coefficient (Wildman–Crippen LogP) is 3.98. The molecule has 21 heavy (non-hydrogen) atoms. The van der Waals surface area contributed by atoms with Crippen molar-refractivity contribution in [2.75, 3.05) is 13.2 Å². The van der Waals surface area contributed by atoms with Crippen molar-refractivity contribution in [1.82, 2.24) is 5.32 Å². The topological polar surface area (TPSA) is 21.3 Å². The van der Waals surface area contributed by atoms with Crippen molar-refractivity contribution in [2.24, 2.45) is 0 Å². The number of hydrogen-bond acceptors (Lipinski definition) is 2. The minimum Gasteiger partial charge on any atom is -0.494 e. The SMILES string of the molecule is CCNC(CCOc1ccccc1)Cc1ccccc1C. The maximum Gasteiger partial charge on any atom is 0.119 e. The number of benzene rings is 2. The van der Waals surface area contributed by atoms with Gasteiger partial charge in [-0.15, -0.1) is 0 Å². The molecule has 0 saturated carbocycles. The van der Waals surface area contributed by atoms with Crippen LogP contribution in [0.2, 0.25) is 0 Å². The lowest BCUT2D eigenvalue weighted by Gasteiger charge is -2.19. The van der Waals surface area contributed by atoms with Gasteiger partial charge in [0.2, 0.25) is 0 Å². The van der Waals surface area contributed by atoms with Crippen LogP contribution in [0.3, 0.4) is 0 Å². The van der Waals surface area contributed by atoms with Crippen LogP contribution in [0.4, 0.5) is 0 Å². The lowest BCUT2D eigenvalue weighted by atomic mass is 9.99. The first-order chi connectivity index (χ1) is 10.3. The molecule has 1 atom stereocenters. The molecule has 0 aliphatic carbocycles. The Balaban J connectivity index is 1.86. The van der Waals surface area contributed by atoms with E-state index in [0.717, 1.165) is 31.7 Å². The number of ether oxygens (including phenoxy) is 1. The van der Waals surface area contributed by atoms with Crippen molar-refractivity contribution in [3.63, 3.8) is 0 Å². The number of rotatable bonds is 8. The van der Waals surface area contributed by atoms with E-state index in [-0.39, 0.29) is 0 Å². The monoisotopic (exact) mass is 283 g/mol. The summed E-state index contributed by atoms with van der Waals surface area (Å²) in [4.78, 5) is 0. The highest BCUT2D eigenvalue weighted by Gasteiger charge is 2.10. The zero-order valence-electron chi connectivity index (χ0n) is 13.0. The molecule has 0 aliphatic heterocycles. The van der Waals surface area contributed by atoms with Crippen molar-refractivity contribution in [3.05, 3.63) is 65.7 Å². The molecule has 1 unspecified atom stereocenters. The third kappa shape index (κ3) is 5.24. The van der Waals surface area contributed by atoms with Crippen LogP contribution in [0.15, 0.2) is 54.6 Å². The molecule has 0 heterocycles. The number of aryl methyl sites for hydroxylation is 1. The van der Waals surface area contributed by atoms with E-state index in [1.807, 2.05) is 30.3 Å². The van der Waals surface area contributed by atoms with Gasteiger partial charge >= 0.3 is 0 Å². The molecule has 0 spiro atoms. The van der Waals surface area contributed by atoms with Gasteiger partial charge in [0.05, 0.1) is 6.61 Å². The number of nitrogens with one attached hydrogen (secondary N) is 1. The van der Waals surface area contributed by atoms with Gasteiger partial charge in [0.1, 0.15) is 5.75 Å². The van der Waals surface area contributed by atoms with Crippen molar-refractivity contribution in [1.29, 1.82) is 0 Å². The van der Waals surface area contributed by atoms with Gasteiger partial charge in [0.25, 0.3) is 0 Å². The standard InChI is InChI=1S/C19H25NO/c1-3-20-18(15-17-10-8-7-9-16(17)2)13-14-21-19-11-5-4-6-12-19/h4-12,18,20H,3,13-15H2,1-2H3. The zero-order valence-corrected chi connectivity index (χ0v) is 13.0. The van der Waals surface area contributed by atoms with E-state index in [4.69, 9.17) is 4.74 Å². The Hall–Kier alpha value is -1.80. The third-order valence-electron chi connectivity index (χ3n) is 3.70. The highest BCUT2D eigenvalue weighted by molar-refractivity contribution is 5.26. The fraction of sp³-hybridized carbons (Fsp3) is 0.368. The molecular weight excluding hydrogens is 258 g/mol. The Morgan fingerprint density at radius 1 is 1.00 bits per heavy atom. The molecule has 112 valence electrons. The molecule has 0 aromatic heterocycles. The van der Waals surface area contributed by atoms with Crippen LogP contribution in [-0.2, 0) is 6.42 Å². The molecular formula is C19H25NO. The van der Waals surface area contributed by atoms with E-state index in [1.165, 1.54) is 11.1 Å². The van der Waals surface area contributed by atoms with E-state index in [2.05, 4.69) is 43.4 Å². The Morgan fingerprint density at radius 2 is 1.71 bits per heavy atom. The Bertz CT molecular complexity index is 524. The fourth-order valence-electron chi connectivity index (χ4n) is 2.51. The Kier molecular flexibility index (Phi) is 6.29. The maximum absolute atomic E-state index is 5.81. The highest BCUT2D eigenvalue weighted by Crippen LogP contribution is 2.13. The van der Waals surface area contributed by atoms with Crippen LogP contribution in [-0.4, -0.2) is 19.2 Å². The molecule has 0 aliphatic rings. The zero-order chi connectivity index (χ0) is 14.9. The van der Waals surface area contributed by atoms with Gasteiger partial charge < -0.3 is 10.1 Å². The summed E-state index contributed by atoms with van der Waals surface area (Å²) >= 11 is 0.